The average Bonchev–Trinajstić information content (AvgIpc) is 2.45. The SMILES string of the molecule is CC1CC(OCC(=O)Nc2ccc(C#N)cc2)CC(C)O1. The number of carbonyl (C=O) groups is 1. The molecule has 1 saturated heterocycles. The molecule has 0 radical (unpaired) electrons. The third-order valence-electron chi connectivity index (χ3n) is 3.40. The smallest absolute Gasteiger partial charge is 0.250 e. The molecule has 0 aromatic heterocycles. The molecule has 1 amide bonds. The zero-order valence-corrected chi connectivity index (χ0v) is 12.3. The lowest BCUT2D eigenvalue weighted by Crippen LogP contribution is -2.35. The molecule has 0 saturated carbocycles. The minimum absolute atomic E-state index is 0.0319. The summed E-state index contributed by atoms with van der Waals surface area (Å²) in [6.45, 7) is 4.07. The molecule has 1 N–H and O–H groups in total. The van der Waals surface area contributed by atoms with Crippen molar-refractivity contribution in [1.82, 2.24) is 0 Å². The van der Waals surface area contributed by atoms with Crippen molar-refractivity contribution in [2.24, 2.45) is 0 Å². The van der Waals surface area contributed by atoms with Crippen LogP contribution in [0.25, 0.3) is 0 Å². The number of nitrogens with one attached hydrogen (secondary N) is 1. The zero-order valence-electron chi connectivity index (χ0n) is 12.3. The van der Waals surface area contributed by atoms with Gasteiger partial charge in [0.15, 0.2) is 0 Å². The van der Waals surface area contributed by atoms with Gasteiger partial charge < -0.3 is 14.8 Å². The third-order valence-corrected chi connectivity index (χ3v) is 3.40. The van der Waals surface area contributed by atoms with Crippen molar-refractivity contribution in [2.75, 3.05) is 11.9 Å². The molecule has 2 rings (SSSR count). The van der Waals surface area contributed by atoms with E-state index in [0.717, 1.165) is 12.8 Å². The Morgan fingerprint density at radius 2 is 1.95 bits per heavy atom. The summed E-state index contributed by atoms with van der Waals surface area (Å²) in [6.07, 6.45) is 2.03. The van der Waals surface area contributed by atoms with Crippen molar-refractivity contribution in [2.45, 2.75) is 45.0 Å². The van der Waals surface area contributed by atoms with Gasteiger partial charge in [-0.05, 0) is 51.0 Å². The van der Waals surface area contributed by atoms with Crippen LogP contribution in [-0.4, -0.2) is 30.8 Å². The van der Waals surface area contributed by atoms with Crippen LogP contribution >= 0.6 is 0 Å². The maximum atomic E-state index is 11.8. The Kier molecular flexibility index (Phi) is 5.32. The number of ether oxygens (including phenoxy) is 2. The summed E-state index contributed by atoms with van der Waals surface area (Å²) < 4.78 is 11.3. The molecule has 21 heavy (non-hydrogen) atoms. The Morgan fingerprint density at radius 3 is 2.52 bits per heavy atom. The second kappa shape index (κ2) is 7.21. The molecule has 0 spiro atoms. The number of rotatable bonds is 4. The minimum Gasteiger partial charge on any atom is -0.375 e. The van der Waals surface area contributed by atoms with Crippen molar-refractivity contribution in [1.29, 1.82) is 5.26 Å². The molecule has 2 unspecified atom stereocenters. The van der Waals surface area contributed by atoms with Crippen LogP contribution in [0.3, 0.4) is 0 Å². The van der Waals surface area contributed by atoms with Gasteiger partial charge in [0.25, 0.3) is 0 Å². The summed E-state index contributed by atoms with van der Waals surface area (Å²) in [7, 11) is 0. The first-order valence-electron chi connectivity index (χ1n) is 7.14. The van der Waals surface area contributed by atoms with E-state index in [4.69, 9.17) is 14.7 Å². The Morgan fingerprint density at radius 1 is 1.33 bits per heavy atom. The topological polar surface area (TPSA) is 71.3 Å². The Hall–Kier alpha value is -1.90. The second-order valence-corrected chi connectivity index (χ2v) is 5.40. The van der Waals surface area contributed by atoms with Gasteiger partial charge >= 0.3 is 0 Å². The monoisotopic (exact) mass is 288 g/mol. The molecule has 112 valence electrons. The van der Waals surface area contributed by atoms with Gasteiger partial charge in [-0.2, -0.15) is 5.26 Å². The number of hydrogen-bond donors (Lipinski definition) is 1. The molecule has 1 aliphatic rings. The first-order valence-corrected chi connectivity index (χ1v) is 7.14. The van der Waals surface area contributed by atoms with Crippen LogP contribution in [0, 0.1) is 11.3 Å². The number of nitrogens with zero attached hydrogens (tertiary/aromatic N) is 1. The summed E-state index contributed by atoms with van der Waals surface area (Å²) in [5.74, 6) is -0.188. The fourth-order valence-electron chi connectivity index (χ4n) is 2.50. The van der Waals surface area contributed by atoms with Crippen molar-refractivity contribution in [3.63, 3.8) is 0 Å². The van der Waals surface area contributed by atoms with E-state index in [0.29, 0.717) is 11.3 Å². The van der Waals surface area contributed by atoms with E-state index < -0.39 is 0 Å². The van der Waals surface area contributed by atoms with Gasteiger partial charge in [0.2, 0.25) is 5.91 Å². The lowest BCUT2D eigenvalue weighted by Gasteiger charge is -2.31. The first kappa shape index (κ1) is 15.5. The van der Waals surface area contributed by atoms with Gasteiger partial charge in [-0.15, -0.1) is 0 Å². The summed E-state index contributed by atoms with van der Waals surface area (Å²) in [5, 5.41) is 11.5. The highest BCUT2D eigenvalue weighted by molar-refractivity contribution is 5.91. The summed E-state index contributed by atoms with van der Waals surface area (Å²) >= 11 is 0. The number of benzene rings is 1. The number of anilines is 1. The van der Waals surface area contributed by atoms with Gasteiger partial charge in [-0.3, -0.25) is 4.79 Å². The highest BCUT2D eigenvalue weighted by Gasteiger charge is 2.25. The Balaban J connectivity index is 1.78. The largest absolute Gasteiger partial charge is 0.375 e. The van der Waals surface area contributed by atoms with Crippen LogP contribution in [0.4, 0.5) is 5.69 Å². The standard InChI is InChI=1S/C16H20N2O3/c1-11-7-15(8-12(2)21-11)20-10-16(19)18-14-5-3-13(9-17)4-6-14/h3-6,11-12,15H,7-8,10H2,1-2H3,(H,18,19). The van der Waals surface area contributed by atoms with Crippen molar-refractivity contribution < 1.29 is 14.3 Å². The Bertz CT molecular complexity index is 511. The average molecular weight is 288 g/mol. The fourth-order valence-corrected chi connectivity index (χ4v) is 2.50. The molecule has 5 nitrogen and oxygen atoms in total. The Labute approximate surface area is 124 Å². The summed E-state index contributed by atoms with van der Waals surface area (Å²) in [4.78, 5) is 11.8. The van der Waals surface area contributed by atoms with E-state index in [1.165, 1.54) is 0 Å². The van der Waals surface area contributed by atoms with Gasteiger partial charge in [0, 0.05) is 5.69 Å². The van der Waals surface area contributed by atoms with Gasteiger partial charge in [-0.1, -0.05) is 0 Å². The highest BCUT2D eigenvalue weighted by atomic mass is 16.5. The number of hydrogen-bond acceptors (Lipinski definition) is 4. The molecular formula is C16H20N2O3. The van der Waals surface area contributed by atoms with Crippen molar-refractivity contribution in [3.8, 4) is 6.07 Å². The van der Waals surface area contributed by atoms with E-state index >= 15 is 0 Å². The summed E-state index contributed by atoms with van der Waals surface area (Å²) in [6, 6.07) is 8.77. The predicted molar refractivity (Wildman–Crippen MR) is 78.8 cm³/mol. The van der Waals surface area contributed by atoms with E-state index in [1.54, 1.807) is 24.3 Å². The zero-order chi connectivity index (χ0) is 15.2. The molecule has 2 atom stereocenters. The fraction of sp³-hybridized carbons (Fsp3) is 0.500. The molecule has 5 heteroatoms. The first-order chi connectivity index (χ1) is 10.1. The van der Waals surface area contributed by atoms with E-state index in [1.807, 2.05) is 19.9 Å². The van der Waals surface area contributed by atoms with Crippen LogP contribution < -0.4 is 5.32 Å². The molecule has 1 fully saturated rings. The van der Waals surface area contributed by atoms with Gasteiger partial charge in [0.1, 0.15) is 6.61 Å². The highest BCUT2D eigenvalue weighted by Crippen LogP contribution is 2.21. The molecular weight excluding hydrogens is 268 g/mol. The van der Waals surface area contributed by atoms with Crippen LogP contribution in [-0.2, 0) is 14.3 Å². The number of nitriles is 1. The maximum absolute atomic E-state index is 11.8. The third kappa shape index (κ3) is 4.85. The van der Waals surface area contributed by atoms with E-state index in [-0.39, 0.29) is 30.8 Å². The molecule has 1 aromatic rings. The molecule has 1 aliphatic heterocycles. The molecule has 0 aliphatic carbocycles. The van der Waals surface area contributed by atoms with Crippen molar-refractivity contribution in [3.05, 3.63) is 29.8 Å². The van der Waals surface area contributed by atoms with E-state index in [9.17, 15) is 4.79 Å². The van der Waals surface area contributed by atoms with Crippen LogP contribution in [0.2, 0.25) is 0 Å². The molecule has 1 heterocycles. The van der Waals surface area contributed by atoms with E-state index in [2.05, 4.69) is 5.32 Å². The minimum atomic E-state index is -0.188. The summed E-state index contributed by atoms with van der Waals surface area (Å²) in [5.41, 5.74) is 1.23. The second-order valence-electron chi connectivity index (χ2n) is 5.40. The molecule has 1 aromatic carbocycles. The predicted octanol–water partition coefficient (Wildman–Crippen LogP) is 2.47. The van der Waals surface area contributed by atoms with Gasteiger partial charge in [-0.25, -0.2) is 0 Å². The lowest BCUT2D eigenvalue weighted by atomic mass is 10.0. The van der Waals surface area contributed by atoms with Crippen LogP contribution in [0.15, 0.2) is 24.3 Å². The normalized spacial score (nSPS) is 25.1. The van der Waals surface area contributed by atoms with Gasteiger partial charge in [0.05, 0.1) is 29.9 Å². The number of amides is 1. The maximum Gasteiger partial charge on any atom is 0.250 e. The molecule has 0 bridgehead atoms. The van der Waals surface area contributed by atoms with Crippen molar-refractivity contribution >= 4 is 11.6 Å². The van der Waals surface area contributed by atoms with Crippen LogP contribution in [0.5, 0.6) is 0 Å². The quantitative estimate of drug-likeness (QED) is 0.924. The van der Waals surface area contributed by atoms with Crippen LogP contribution in [0.1, 0.15) is 32.3 Å². The number of carbonyl (C=O) groups excluding carboxylic acids is 1. The lowest BCUT2D eigenvalue weighted by molar-refractivity contribution is -0.131.